The van der Waals surface area contributed by atoms with Crippen molar-refractivity contribution in [2.75, 3.05) is 0 Å². The first-order chi connectivity index (χ1) is 10.8. The smallest absolute Gasteiger partial charge is 0.177 e. The molecule has 4 aromatic rings. The Kier molecular flexibility index (Phi) is 3.70. The molecule has 0 saturated heterocycles. The van der Waals surface area contributed by atoms with Crippen molar-refractivity contribution in [2.24, 2.45) is 0 Å². The molecule has 4 rings (SSSR count). The minimum atomic E-state index is 0.727. The van der Waals surface area contributed by atoms with E-state index in [1.165, 1.54) is 38.4 Å². The molecule has 1 aromatic heterocycles. The van der Waals surface area contributed by atoms with Gasteiger partial charge in [0.2, 0.25) is 0 Å². The zero-order chi connectivity index (χ0) is 14.9. The third kappa shape index (κ3) is 2.56. The number of nitrogens with one attached hydrogen (secondary N) is 1. The van der Waals surface area contributed by atoms with Gasteiger partial charge in [-0.3, -0.25) is 5.10 Å². The van der Waals surface area contributed by atoms with Gasteiger partial charge in [-0.15, -0.1) is 0 Å². The van der Waals surface area contributed by atoms with Gasteiger partial charge in [-0.2, -0.15) is 5.10 Å². The van der Waals surface area contributed by atoms with Gasteiger partial charge in [0, 0.05) is 5.75 Å². The highest BCUT2D eigenvalue weighted by molar-refractivity contribution is 8.00. The molecular weight excluding hydrogens is 328 g/mol. The number of hydrogen-bond donors (Lipinski definition) is 1. The Labute approximate surface area is 141 Å². The molecule has 0 aliphatic rings. The maximum Gasteiger partial charge on any atom is 0.177 e. The first kappa shape index (κ1) is 13.9. The van der Waals surface area contributed by atoms with Crippen molar-refractivity contribution >= 4 is 56.9 Å². The third-order valence-corrected chi connectivity index (χ3v) is 5.90. The van der Waals surface area contributed by atoms with Gasteiger partial charge in [0.15, 0.2) is 8.29 Å². The van der Waals surface area contributed by atoms with Crippen LogP contribution in [0.3, 0.4) is 0 Å². The van der Waals surface area contributed by atoms with Crippen LogP contribution >= 0.6 is 35.3 Å². The zero-order valence-electron chi connectivity index (χ0n) is 11.6. The second-order valence-corrected chi connectivity index (χ2v) is 7.85. The normalized spacial score (nSPS) is 11.3. The van der Waals surface area contributed by atoms with E-state index in [1.54, 1.807) is 11.8 Å². The number of hydrogen-bond acceptors (Lipinski definition) is 4. The first-order valence-electron chi connectivity index (χ1n) is 6.89. The Morgan fingerprint density at radius 2 is 1.64 bits per heavy atom. The Bertz CT molecular complexity index is 963. The molecule has 0 aliphatic heterocycles. The average Bonchev–Trinajstić information content (AvgIpc) is 2.97. The van der Waals surface area contributed by atoms with E-state index in [4.69, 9.17) is 12.2 Å². The molecule has 0 atom stereocenters. The van der Waals surface area contributed by atoms with E-state index < -0.39 is 0 Å². The molecule has 0 saturated carbocycles. The maximum absolute atomic E-state index is 5.10. The van der Waals surface area contributed by atoms with Crippen LogP contribution in [0.5, 0.6) is 0 Å². The van der Waals surface area contributed by atoms with Crippen LogP contribution in [0.15, 0.2) is 58.9 Å². The lowest BCUT2D eigenvalue weighted by atomic mass is 9.98. The molecule has 0 unspecified atom stereocenters. The first-order valence-corrected chi connectivity index (χ1v) is 9.10. The predicted molar refractivity (Wildman–Crippen MR) is 98.3 cm³/mol. The summed E-state index contributed by atoms with van der Waals surface area (Å²) in [5.41, 5.74) is 1.36. The molecule has 0 bridgehead atoms. The summed E-state index contributed by atoms with van der Waals surface area (Å²) in [6, 6.07) is 19.4. The van der Waals surface area contributed by atoms with Crippen molar-refractivity contribution in [3.05, 3.63) is 64.1 Å². The highest BCUT2D eigenvalue weighted by Crippen LogP contribution is 2.33. The van der Waals surface area contributed by atoms with Crippen LogP contribution in [0.1, 0.15) is 5.56 Å². The van der Waals surface area contributed by atoms with Gasteiger partial charge in [0.25, 0.3) is 0 Å². The van der Waals surface area contributed by atoms with Crippen molar-refractivity contribution < 1.29 is 0 Å². The van der Waals surface area contributed by atoms with Crippen molar-refractivity contribution in [2.45, 2.75) is 10.1 Å². The second kappa shape index (κ2) is 5.83. The molecule has 0 radical (unpaired) electrons. The number of H-pyrrole nitrogens is 1. The summed E-state index contributed by atoms with van der Waals surface area (Å²) in [4.78, 5) is 0. The summed E-state index contributed by atoms with van der Waals surface area (Å²) in [7, 11) is 0. The minimum Gasteiger partial charge on any atom is -0.257 e. The number of thioether (sulfide) groups is 1. The topological polar surface area (TPSA) is 28.7 Å². The van der Waals surface area contributed by atoms with E-state index in [0.29, 0.717) is 0 Å². The lowest BCUT2D eigenvalue weighted by Crippen LogP contribution is -1.88. The fourth-order valence-electron chi connectivity index (χ4n) is 2.68. The molecule has 2 nitrogen and oxygen atoms in total. The Morgan fingerprint density at radius 1 is 1.00 bits per heavy atom. The molecule has 5 heteroatoms. The Hall–Kier alpha value is -1.69. The van der Waals surface area contributed by atoms with E-state index in [9.17, 15) is 0 Å². The van der Waals surface area contributed by atoms with E-state index in [-0.39, 0.29) is 0 Å². The van der Waals surface area contributed by atoms with E-state index in [2.05, 4.69) is 64.8 Å². The molecule has 1 N–H and O–H groups in total. The molecular formula is C17H12N2S3. The summed E-state index contributed by atoms with van der Waals surface area (Å²) < 4.78 is 1.72. The predicted octanol–water partition coefficient (Wildman–Crippen LogP) is 5.80. The lowest BCUT2D eigenvalue weighted by molar-refractivity contribution is 1.00. The molecule has 0 amide bonds. The Morgan fingerprint density at radius 3 is 2.23 bits per heavy atom. The number of aromatic amines is 1. The van der Waals surface area contributed by atoms with Crippen molar-refractivity contribution in [3.8, 4) is 0 Å². The fraction of sp³-hybridized carbons (Fsp3) is 0.0588. The quantitative estimate of drug-likeness (QED) is 0.290. The SMILES string of the molecule is S=c1[nH]nc(SCc2c3ccccc3cc3ccccc23)s1. The van der Waals surface area contributed by atoms with Crippen LogP contribution in [0.2, 0.25) is 0 Å². The van der Waals surface area contributed by atoms with Gasteiger partial charge in [0.1, 0.15) is 0 Å². The number of fused-ring (bicyclic) bond motifs is 2. The molecule has 0 aliphatic carbocycles. The van der Waals surface area contributed by atoms with Crippen LogP contribution in [0.4, 0.5) is 0 Å². The summed E-state index contributed by atoms with van der Waals surface area (Å²) in [6.07, 6.45) is 0. The van der Waals surface area contributed by atoms with Gasteiger partial charge in [0.05, 0.1) is 0 Å². The summed E-state index contributed by atoms with van der Waals surface area (Å²) in [6.45, 7) is 0. The molecule has 3 aromatic carbocycles. The van der Waals surface area contributed by atoms with Gasteiger partial charge in [-0.1, -0.05) is 71.6 Å². The number of rotatable bonds is 3. The largest absolute Gasteiger partial charge is 0.257 e. The van der Waals surface area contributed by atoms with Crippen LogP contribution in [-0.2, 0) is 5.75 Å². The van der Waals surface area contributed by atoms with Gasteiger partial charge in [-0.05, 0) is 45.4 Å². The summed E-state index contributed by atoms with van der Waals surface area (Å²) in [5, 5.41) is 12.3. The zero-order valence-corrected chi connectivity index (χ0v) is 14.0. The second-order valence-electron chi connectivity index (χ2n) is 4.97. The number of aromatic nitrogens is 2. The minimum absolute atomic E-state index is 0.727. The number of benzene rings is 3. The highest BCUT2D eigenvalue weighted by atomic mass is 32.2. The van der Waals surface area contributed by atoms with Gasteiger partial charge < -0.3 is 0 Å². The molecule has 0 spiro atoms. The Balaban J connectivity index is 1.86. The summed E-state index contributed by atoms with van der Waals surface area (Å²) in [5.74, 6) is 0.887. The van der Waals surface area contributed by atoms with Gasteiger partial charge >= 0.3 is 0 Å². The van der Waals surface area contributed by atoms with Crippen LogP contribution in [0, 0.1) is 3.95 Å². The molecule has 108 valence electrons. The van der Waals surface area contributed by atoms with Crippen LogP contribution in [-0.4, -0.2) is 10.2 Å². The fourth-order valence-corrected chi connectivity index (χ4v) is 4.81. The van der Waals surface area contributed by atoms with E-state index in [0.717, 1.165) is 14.0 Å². The third-order valence-electron chi connectivity index (χ3n) is 3.64. The van der Waals surface area contributed by atoms with Gasteiger partial charge in [-0.25, -0.2) is 0 Å². The van der Waals surface area contributed by atoms with Crippen molar-refractivity contribution in [1.82, 2.24) is 10.2 Å². The van der Waals surface area contributed by atoms with Crippen molar-refractivity contribution in [1.29, 1.82) is 0 Å². The van der Waals surface area contributed by atoms with E-state index >= 15 is 0 Å². The van der Waals surface area contributed by atoms with E-state index in [1.807, 2.05) is 0 Å². The number of nitrogens with zero attached hydrogens (tertiary/aromatic N) is 1. The van der Waals surface area contributed by atoms with Crippen molar-refractivity contribution in [3.63, 3.8) is 0 Å². The average molecular weight is 340 g/mol. The molecule has 22 heavy (non-hydrogen) atoms. The molecule has 1 heterocycles. The standard InChI is InChI=1S/C17H12N2S3/c20-16-18-19-17(22-16)21-10-15-13-7-3-1-5-11(13)9-12-6-2-4-8-14(12)15/h1-9H,10H2,(H,18,20). The highest BCUT2D eigenvalue weighted by Gasteiger charge is 2.09. The van der Waals surface area contributed by atoms with Crippen LogP contribution < -0.4 is 0 Å². The lowest BCUT2D eigenvalue weighted by Gasteiger charge is -2.10. The van der Waals surface area contributed by atoms with Crippen LogP contribution in [0.25, 0.3) is 21.5 Å². The maximum atomic E-state index is 5.10. The molecule has 0 fully saturated rings. The monoisotopic (exact) mass is 340 g/mol. The summed E-state index contributed by atoms with van der Waals surface area (Å²) >= 11 is 8.37.